The Bertz CT molecular complexity index is 778. The second-order valence-corrected chi connectivity index (χ2v) is 9.65. The lowest BCUT2D eigenvalue weighted by Crippen LogP contribution is -3.07. The molecule has 2 aromatic rings. The molecule has 0 unspecified atom stereocenters. The molecule has 2 N–H and O–H groups in total. The summed E-state index contributed by atoms with van der Waals surface area (Å²) in [6.07, 6.45) is 7.28. The number of benzene rings is 1. The Kier molecular flexibility index (Phi) is 6.97. The molecule has 158 valence electrons. The van der Waals surface area contributed by atoms with E-state index in [-0.39, 0.29) is 16.9 Å². The molecule has 1 aliphatic heterocycles. The first-order valence-electron chi connectivity index (χ1n) is 10.9. The van der Waals surface area contributed by atoms with Crippen LogP contribution in [0.2, 0.25) is 0 Å². The first-order chi connectivity index (χ1) is 13.8. The number of rotatable bonds is 8. The van der Waals surface area contributed by atoms with Gasteiger partial charge in [0, 0.05) is 18.9 Å². The van der Waals surface area contributed by atoms with Crippen LogP contribution in [0.5, 0.6) is 0 Å². The predicted octanol–water partition coefficient (Wildman–Crippen LogP) is 1.98. The molecule has 0 bridgehead atoms. The van der Waals surface area contributed by atoms with E-state index >= 15 is 0 Å². The fourth-order valence-electron chi connectivity index (χ4n) is 4.82. The molecule has 0 saturated carbocycles. The molecule has 3 rings (SSSR count). The third kappa shape index (κ3) is 6.03. The van der Waals surface area contributed by atoms with Crippen molar-refractivity contribution >= 4 is 6.21 Å². The molecule has 29 heavy (non-hydrogen) atoms. The predicted molar refractivity (Wildman–Crippen MR) is 118 cm³/mol. The molecule has 1 aliphatic rings. The number of hydrogen-bond donors (Lipinski definition) is 2. The highest BCUT2D eigenvalue weighted by Gasteiger charge is 2.44. The van der Waals surface area contributed by atoms with Crippen molar-refractivity contribution in [3.05, 3.63) is 59.5 Å². The van der Waals surface area contributed by atoms with Crippen LogP contribution in [-0.4, -0.2) is 45.6 Å². The molecule has 2 heterocycles. The summed E-state index contributed by atoms with van der Waals surface area (Å²) in [4.78, 5) is 5.16. The van der Waals surface area contributed by atoms with Crippen molar-refractivity contribution in [1.82, 2.24) is 0 Å². The third-order valence-electron chi connectivity index (χ3n) is 5.93. The van der Waals surface area contributed by atoms with Gasteiger partial charge in [0.15, 0.2) is 0 Å². The summed E-state index contributed by atoms with van der Waals surface area (Å²) in [5.74, 6) is 1.31. The van der Waals surface area contributed by atoms with E-state index in [0.29, 0.717) is 0 Å². The topological polar surface area (TPSA) is 40.8 Å². The standard InChI is InChI=1S/C25H36N2O2/c1-20-8-10-21(11-9-20)22(23-7-6-15-28-23)12-14-26-18-25(19-27(4)5)13-16-29-24(2,3)17-25/h6-11,15,18,22H,12-14,16-17,19H2,1-5H3/p+2/t22-,25-/m1/s1. The quantitative estimate of drug-likeness (QED) is 0.668. The highest BCUT2D eigenvalue weighted by Crippen LogP contribution is 2.36. The SMILES string of the molecule is Cc1ccc([C@@H](CC[NH+]=C[C@@]2(C[NH+](C)C)CCOC(C)(C)C2)c2ccco2)cc1. The van der Waals surface area contributed by atoms with Crippen LogP contribution in [0.15, 0.2) is 47.1 Å². The molecule has 0 amide bonds. The van der Waals surface area contributed by atoms with Gasteiger partial charge >= 0.3 is 0 Å². The minimum Gasteiger partial charge on any atom is -0.469 e. The van der Waals surface area contributed by atoms with E-state index < -0.39 is 0 Å². The van der Waals surface area contributed by atoms with E-state index in [4.69, 9.17) is 9.15 Å². The molecule has 1 saturated heterocycles. The van der Waals surface area contributed by atoms with Gasteiger partial charge in [-0.2, -0.15) is 0 Å². The summed E-state index contributed by atoms with van der Waals surface area (Å²) in [6, 6.07) is 12.9. The first kappa shape index (κ1) is 21.8. The summed E-state index contributed by atoms with van der Waals surface area (Å²) in [7, 11) is 4.48. The average Bonchev–Trinajstić information content (AvgIpc) is 3.15. The van der Waals surface area contributed by atoms with Crippen molar-refractivity contribution in [2.24, 2.45) is 5.41 Å². The third-order valence-corrected chi connectivity index (χ3v) is 5.93. The van der Waals surface area contributed by atoms with Crippen LogP contribution in [0.4, 0.5) is 0 Å². The Hall–Kier alpha value is -1.91. The normalized spacial score (nSPS) is 23.0. The zero-order valence-corrected chi connectivity index (χ0v) is 18.8. The van der Waals surface area contributed by atoms with Crippen LogP contribution < -0.4 is 9.89 Å². The highest BCUT2D eigenvalue weighted by atomic mass is 16.5. The molecular weight excluding hydrogens is 360 g/mol. The molecule has 4 nitrogen and oxygen atoms in total. The zero-order valence-electron chi connectivity index (χ0n) is 18.8. The maximum atomic E-state index is 5.99. The molecule has 0 aliphatic carbocycles. The number of nitrogens with one attached hydrogen (secondary N) is 2. The second kappa shape index (κ2) is 9.27. The van der Waals surface area contributed by atoms with Crippen LogP contribution in [0.3, 0.4) is 0 Å². The second-order valence-electron chi connectivity index (χ2n) is 9.65. The number of hydrogen-bond acceptors (Lipinski definition) is 2. The lowest BCUT2D eigenvalue weighted by Gasteiger charge is -2.41. The van der Waals surface area contributed by atoms with Crippen LogP contribution in [-0.2, 0) is 4.74 Å². The molecular formula is C25H38N2O2+2. The molecule has 4 heteroatoms. The van der Waals surface area contributed by atoms with Crippen molar-refractivity contribution in [2.75, 3.05) is 33.8 Å². The molecule has 1 aromatic heterocycles. The molecule has 1 fully saturated rings. The Morgan fingerprint density at radius 2 is 1.93 bits per heavy atom. The number of quaternary nitrogens is 1. The average molecular weight is 399 g/mol. The zero-order chi connectivity index (χ0) is 20.9. The van der Waals surface area contributed by atoms with Crippen LogP contribution in [0.1, 0.15) is 55.9 Å². The smallest absolute Gasteiger partial charge is 0.150 e. The summed E-state index contributed by atoms with van der Waals surface area (Å²) in [5.41, 5.74) is 2.70. The molecule has 1 aromatic carbocycles. The van der Waals surface area contributed by atoms with Crippen molar-refractivity contribution < 1.29 is 19.0 Å². The molecule has 0 spiro atoms. The summed E-state index contributed by atoms with van der Waals surface area (Å²) in [5, 5.41) is 0. The maximum Gasteiger partial charge on any atom is 0.150 e. The van der Waals surface area contributed by atoms with Gasteiger partial charge in [-0.1, -0.05) is 29.8 Å². The largest absolute Gasteiger partial charge is 0.469 e. The minimum absolute atomic E-state index is 0.0650. The van der Waals surface area contributed by atoms with Crippen molar-refractivity contribution in [1.29, 1.82) is 0 Å². The number of furan rings is 1. The minimum atomic E-state index is -0.0650. The molecule has 0 radical (unpaired) electrons. The Balaban J connectivity index is 1.71. The van der Waals surface area contributed by atoms with Crippen LogP contribution in [0, 0.1) is 12.3 Å². The highest BCUT2D eigenvalue weighted by molar-refractivity contribution is 5.60. The fourth-order valence-corrected chi connectivity index (χ4v) is 4.82. The van der Waals surface area contributed by atoms with Gasteiger partial charge in [-0.25, -0.2) is 0 Å². The lowest BCUT2D eigenvalue weighted by molar-refractivity contribution is -0.864. The van der Waals surface area contributed by atoms with E-state index in [2.05, 4.69) is 76.4 Å². The monoisotopic (exact) mass is 398 g/mol. The van der Waals surface area contributed by atoms with Crippen LogP contribution in [0.25, 0.3) is 0 Å². The van der Waals surface area contributed by atoms with E-state index in [0.717, 1.165) is 44.7 Å². The van der Waals surface area contributed by atoms with E-state index in [1.54, 1.807) is 6.26 Å². The van der Waals surface area contributed by atoms with E-state index in [9.17, 15) is 0 Å². The van der Waals surface area contributed by atoms with Gasteiger partial charge in [0.05, 0.1) is 32.5 Å². The number of ether oxygens (including phenoxy) is 1. The van der Waals surface area contributed by atoms with E-state index in [1.807, 2.05) is 6.07 Å². The van der Waals surface area contributed by atoms with Crippen molar-refractivity contribution in [2.45, 2.75) is 51.6 Å². The van der Waals surface area contributed by atoms with Gasteiger partial charge in [0.1, 0.15) is 23.9 Å². The van der Waals surface area contributed by atoms with Crippen LogP contribution >= 0.6 is 0 Å². The van der Waals surface area contributed by atoms with Crippen molar-refractivity contribution in [3.63, 3.8) is 0 Å². The van der Waals surface area contributed by atoms with Gasteiger partial charge in [-0.05, 0) is 51.3 Å². The summed E-state index contributed by atoms with van der Waals surface area (Å²) >= 11 is 0. The lowest BCUT2D eigenvalue weighted by atomic mass is 9.74. The van der Waals surface area contributed by atoms with Gasteiger partial charge < -0.3 is 14.1 Å². The Labute approximate surface area is 176 Å². The maximum absolute atomic E-state index is 5.99. The molecule has 2 atom stereocenters. The fraction of sp³-hybridized carbons (Fsp3) is 0.560. The van der Waals surface area contributed by atoms with Gasteiger partial charge in [0.2, 0.25) is 0 Å². The van der Waals surface area contributed by atoms with E-state index in [1.165, 1.54) is 16.0 Å². The van der Waals surface area contributed by atoms with Gasteiger partial charge in [0.25, 0.3) is 0 Å². The summed E-state index contributed by atoms with van der Waals surface area (Å²) in [6.45, 7) is 9.42. The van der Waals surface area contributed by atoms with Gasteiger partial charge in [-0.3, -0.25) is 4.99 Å². The van der Waals surface area contributed by atoms with Gasteiger partial charge in [-0.15, -0.1) is 0 Å². The van der Waals surface area contributed by atoms with Crippen molar-refractivity contribution in [3.8, 4) is 0 Å². The Morgan fingerprint density at radius 1 is 1.17 bits per heavy atom. The number of aryl methyl sites for hydroxylation is 1. The summed E-state index contributed by atoms with van der Waals surface area (Å²) < 4.78 is 11.8. The Morgan fingerprint density at radius 3 is 2.55 bits per heavy atom. The first-order valence-corrected chi connectivity index (χ1v) is 10.9.